The normalized spacial score (nSPS) is 21.0. The summed E-state index contributed by atoms with van der Waals surface area (Å²) in [5.74, 6) is 2.74. The number of para-hydroxylation sites is 1. The van der Waals surface area contributed by atoms with E-state index in [1.54, 1.807) is 11.8 Å². The summed E-state index contributed by atoms with van der Waals surface area (Å²) in [6, 6.07) is 9.46. The molecule has 1 unspecified atom stereocenters. The van der Waals surface area contributed by atoms with E-state index in [1.165, 1.54) is 0 Å². The van der Waals surface area contributed by atoms with Crippen LogP contribution < -0.4 is 10.1 Å². The van der Waals surface area contributed by atoms with Crippen LogP contribution >= 0.6 is 11.8 Å². The van der Waals surface area contributed by atoms with Crippen molar-refractivity contribution >= 4 is 23.6 Å². The predicted molar refractivity (Wildman–Crippen MR) is 98.6 cm³/mol. The second-order valence-electron chi connectivity index (χ2n) is 6.24. The molecule has 1 aromatic rings. The first-order chi connectivity index (χ1) is 12.2. The number of hydrogen-bond donors (Lipinski definition) is 1. The molecular weight excluding hydrogens is 338 g/mol. The van der Waals surface area contributed by atoms with Gasteiger partial charge in [-0.05, 0) is 18.6 Å². The number of thioether (sulfide) groups is 1. The lowest BCUT2D eigenvalue weighted by molar-refractivity contribution is -0.134. The average molecular weight is 363 g/mol. The Balaban J connectivity index is 1.42. The molecule has 2 aliphatic rings. The fourth-order valence-corrected chi connectivity index (χ4v) is 4.03. The van der Waals surface area contributed by atoms with Crippen molar-refractivity contribution in [2.24, 2.45) is 0 Å². The molecule has 25 heavy (non-hydrogen) atoms. The lowest BCUT2D eigenvalue weighted by Crippen LogP contribution is -2.46. The van der Waals surface area contributed by atoms with Crippen LogP contribution in [-0.2, 0) is 9.59 Å². The highest BCUT2D eigenvalue weighted by Gasteiger charge is 2.29. The third kappa shape index (κ3) is 5.12. The van der Waals surface area contributed by atoms with Gasteiger partial charge in [0, 0.05) is 37.8 Å². The van der Waals surface area contributed by atoms with Crippen molar-refractivity contribution in [2.75, 3.05) is 44.4 Å². The number of nitrogens with zero attached hydrogens (tertiary/aromatic N) is 2. The first kappa shape index (κ1) is 18.1. The quantitative estimate of drug-likeness (QED) is 0.851. The highest BCUT2D eigenvalue weighted by molar-refractivity contribution is 7.99. The molecule has 136 valence electrons. The smallest absolute Gasteiger partial charge is 0.240 e. The topological polar surface area (TPSA) is 61.9 Å². The standard InChI is InChI=1S/C18H25N3O3S/c22-17(7-12-24-15-5-2-1-3-6-15)20-8-4-9-21(11-10-20)18(23)16-13-25-14-19-16/h1-3,5-6,16,19H,4,7-14H2. The minimum Gasteiger partial charge on any atom is -0.493 e. The van der Waals surface area contributed by atoms with E-state index in [0.717, 1.165) is 30.3 Å². The highest BCUT2D eigenvalue weighted by Crippen LogP contribution is 2.14. The van der Waals surface area contributed by atoms with Crippen LogP contribution in [-0.4, -0.2) is 72.1 Å². The molecule has 0 bridgehead atoms. The van der Waals surface area contributed by atoms with Gasteiger partial charge in [-0.15, -0.1) is 11.8 Å². The molecule has 0 radical (unpaired) electrons. The van der Waals surface area contributed by atoms with Gasteiger partial charge in [-0.3, -0.25) is 14.9 Å². The Hall–Kier alpha value is -1.73. The summed E-state index contributed by atoms with van der Waals surface area (Å²) in [5.41, 5.74) is 0. The molecule has 1 aromatic carbocycles. The minimum atomic E-state index is -0.0634. The van der Waals surface area contributed by atoms with Crippen LogP contribution in [0.4, 0.5) is 0 Å². The molecule has 3 rings (SSSR count). The number of carbonyl (C=O) groups is 2. The zero-order valence-electron chi connectivity index (χ0n) is 14.4. The lowest BCUT2D eigenvalue weighted by Gasteiger charge is -2.24. The van der Waals surface area contributed by atoms with E-state index in [9.17, 15) is 9.59 Å². The van der Waals surface area contributed by atoms with Gasteiger partial charge in [-0.1, -0.05) is 18.2 Å². The number of rotatable bonds is 5. The maximum atomic E-state index is 12.5. The molecule has 0 aromatic heterocycles. The monoisotopic (exact) mass is 363 g/mol. The number of carbonyl (C=O) groups excluding carboxylic acids is 2. The number of benzene rings is 1. The molecule has 0 saturated carbocycles. The fraction of sp³-hybridized carbons (Fsp3) is 0.556. The van der Waals surface area contributed by atoms with Crippen LogP contribution in [0.3, 0.4) is 0 Å². The Bertz CT molecular complexity index is 578. The van der Waals surface area contributed by atoms with Crippen molar-refractivity contribution in [3.63, 3.8) is 0 Å². The molecule has 6 nitrogen and oxygen atoms in total. The molecule has 2 fully saturated rings. The van der Waals surface area contributed by atoms with Gasteiger partial charge in [0.05, 0.1) is 19.1 Å². The Morgan fingerprint density at radius 2 is 1.88 bits per heavy atom. The molecule has 2 aliphatic heterocycles. The summed E-state index contributed by atoms with van der Waals surface area (Å²) < 4.78 is 5.60. The van der Waals surface area contributed by atoms with E-state index in [2.05, 4.69) is 5.32 Å². The van der Waals surface area contributed by atoms with Gasteiger partial charge in [-0.25, -0.2) is 0 Å². The maximum absolute atomic E-state index is 12.5. The molecule has 1 atom stereocenters. The van der Waals surface area contributed by atoms with E-state index in [1.807, 2.05) is 40.1 Å². The van der Waals surface area contributed by atoms with Gasteiger partial charge >= 0.3 is 0 Å². The lowest BCUT2D eigenvalue weighted by atomic mass is 10.2. The van der Waals surface area contributed by atoms with Crippen molar-refractivity contribution < 1.29 is 14.3 Å². The zero-order valence-corrected chi connectivity index (χ0v) is 15.2. The number of hydrogen-bond acceptors (Lipinski definition) is 5. The third-order valence-corrected chi connectivity index (χ3v) is 5.44. The van der Waals surface area contributed by atoms with Crippen LogP contribution in [0.5, 0.6) is 5.75 Å². The van der Waals surface area contributed by atoms with Crippen molar-refractivity contribution in [1.82, 2.24) is 15.1 Å². The Labute approximate surface area is 152 Å². The van der Waals surface area contributed by atoms with Crippen molar-refractivity contribution in [1.29, 1.82) is 0 Å². The van der Waals surface area contributed by atoms with Crippen molar-refractivity contribution in [2.45, 2.75) is 18.9 Å². The van der Waals surface area contributed by atoms with Crippen molar-refractivity contribution in [3.05, 3.63) is 30.3 Å². The molecule has 0 spiro atoms. The average Bonchev–Trinajstić information content (AvgIpc) is 3.06. The van der Waals surface area contributed by atoms with E-state index in [-0.39, 0.29) is 17.9 Å². The predicted octanol–water partition coefficient (Wildman–Crippen LogP) is 1.18. The first-order valence-electron chi connectivity index (χ1n) is 8.79. The second kappa shape index (κ2) is 9.10. The Kier molecular flexibility index (Phi) is 6.58. The Morgan fingerprint density at radius 3 is 2.64 bits per heavy atom. The minimum absolute atomic E-state index is 0.0634. The SMILES string of the molecule is O=C(CCOc1ccccc1)N1CCCN(C(=O)C2CSCN2)CC1. The Morgan fingerprint density at radius 1 is 1.12 bits per heavy atom. The van der Waals surface area contributed by atoms with Gasteiger partial charge in [0.15, 0.2) is 0 Å². The molecule has 1 N–H and O–H groups in total. The number of ether oxygens (including phenoxy) is 1. The van der Waals surface area contributed by atoms with E-state index in [4.69, 9.17) is 4.74 Å². The van der Waals surface area contributed by atoms with Crippen LogP contribution in [0.2, 0.25) is 0 Å². The molecule has 2 heterocycles. The van der Waals surface area contributed by atoms with Gasteiger partial charge < -0.3 is 14.5 Å². The summed E-state index contributed by atoms with van der Waals surface area (Å²) in [7, 11) is 0. The first-order valence-corrected chi connectivity index (χ1v) is 9.95. The van der Waals surface area contributed by atoms with Gasteiger partial charge in [-0.2, -0.15) is 0 Å². The van der Waals surface area contributed by atoms with Crippen LogP contribution in [0.25, 0.3) is 0 Å². The molecule has 2 amide bonds. The number of amides is 2. The summed E-state index contributed by atoms with van der Waals surface area (Å²) >= 11 is 1.76. The van der Waals surface area contributed by atoms with Crippen molar-refractivity contribution in [3.8, 4) is 5.75 Å². The summed E-state index contributed by atoms with van der Waals surface area (Å²) in [6.45, 7) is 3.04. The van der Waals surface area contributed by atoms with Crippen LogP contribution in [0.15, 0.2) is 30.3 Å². The third-order valence-electron chi connectivity index (χ3n) is 4.50. The summed E-state index contributed by atoms with van der Waals surface area (Å²) in [5, 5.41) is 3.23. The van der Waals surface area contributed by atoms with Gasteiger partial charge in [0.1, 0.15) is 5.75 Å². The zero-order chi connectivity index (χ0) is 17.5. The molecule has 7 heteroatoms. The molecule has 0 aliphatic carbocycles. The van der Waals surface area contributed by atoms with E-state index >= 15 is 0 Å². The maximum Gasteiger partial charge on any atom is 0.240 e. The summed E-state index contributed by atoms with van der Waals surface area (Å²) in [4.78, 5) is 28.6. The van der Waals surface area contributed by atoms with Gasteiger partial charge in [0.2, 0.25) is 11.8 Å². The second-order valence-corrected chi connectivity index (χ2v) is 7.27. The summed E-state index contributed by atoms with van der Waals surface area (Å²) in [6.07, 6.45) is 1.19. The van der Waals surface area contributed by atoms with E-state index < -0.39 is 0 Å². The molecule has 2 saturated heterocycles. The fourth-order valence-electron chi connectivity index (χ4n) is 3.09. The van der Waals surface area contributed by atoms with Crippen LogP contribution in [0, 0.1) is 0 Å². The highest BCUT2D eigenvalue weighted by atomic mass is 32.2. The van der Waals surface area contributed by atoms with E-state index in [0.29, 0.717) is 32.7 Å². The molecular formula is C18H25N3O3S. The number of nitrogens with one attached hydrogen (secondary N) is 1. The largest absolute Gasteiger partial charge is 0.493 e. The van der Waals surface area contributed by atoms with Gasteiger partial charge in [0.25, 0.3) is 0 Å². The van der Waals surface area contributed by atoms with Crippen LogP contribution in [0.1, 0.15) is 12.8 Å².